The second kappa shape index (κ2) is 13.9. The highest BCUT2D eigenvalue weighted by molar-refractivity contribution is 6.99. The van der Waals surface area contributed by atoms with E-state index in [0.717, 1.165) is 16.7 Å². The Morgan fingerprint density at radius 3 is 2.00 bits per heavy atom. The molecule has 2 aromatic rings. The summed E-state index contributed by atoms with van der Waals surface area (Å²) in [7, 11) is -1.36. The number of ether oxygens (including phenoxy) is 2. The van der Waals surface area contributed by atoms with Crippen LogP contribution in [0.3, 0.4) is 0 Å². The molecule has 4 atom stereocenters. The fourth-order valence-corrected chi connectivity index (χ4v) is 11.8. The van der Waals surface area contributed by atoms with Crippen molar-refractivity contribution in [3.05, 3.63) is 60.7 Å². The van der Waals surface area contributed by atoms with Gasteiger partial charge in [-0.05, 0) is 41.1 Å². The zero-order valence-electron chi connectivity index (χ0n) is 26.8. The van der Waals surface area contributed by atoms with Crippen molar-refractivity contribution in [2.24, 2.45) is 28.6 Å². The third-order valence-corrected chi connectivity index (χ3v) is 14.9. The highest BCUT2D eigenvalue weighted by Gasteiger charge is 2.59. The molecule has 1 saturated carbocycles. The van der Waals surface area contributed by atoms with Crippen molar-refractivity contribution in [1.82, 2.24) is 0 Å². The Morgan fingerprint density at radius 1 is 1.00 bits per heavy atom. The molecule has 7 heteroatoms. The molecule has 0 amide bonds. The normalized spacial score (nSPS) is 23.5. The molecule has 230 valence electrons. The van der Waals surface area contributed by atoms with Crippen molar-refractivity contribution < 1.29 is 28.3 Å². The van der Waals surface area contributed by atoms with Gasteiger partial charge in [0.25, 0.3) is 8.32 Å². The van der Waals surface area contributed by atoms with Crippen LogP contribution in [0.25, 0.3) is 0 Å². The molecule has 6 nitrogen and oxygen atoms in total. The molecule has 1 aliphatic rings. The van der Waals surface area contributed by atoms with Gasteiger partial charge in [0.15, 0.2) is 0 Å². The lowest BCUT2D eigenvalue weighted by Gasteiger charge is -2.54. The van der Waals surface area contributed by atoms with Gasteiger partial charge in [-0.15, -0.1) is 0 Å². The molecule has 0 bridgehead atoms. The van der Waals surface area contributed by atoms with Gasteiger partial charge in [-0.1, -0.05) is 102 Å². The zero-order valence-corrected chi connectivity index (χ0v) is 27.8. The average Bonchev–Trinajstić information content (AvgIpc) is 2.96. The van der Waals surface area contributed by atoms with Crippen LogP contribution in [0, 0.1) is 28.6 Å². The Balaban J connectivity index is 2.17. The molecular weight excluding hydrogens is 544 g/mol. The van der Waals surface area contributed by atoms with E-state index >= 15 is 0 Å². The Bertz CT molecular complexity index is 1150. The maximum absolute atomic E-state index is 13.7. The first-order valence-corrected chi connectivity index (χ1v) is 17.0. The number of carbonyl (C=O) groups excluding carboxylic acids is 3. The highest BCUT2D eigenvalue weighted by atomic mass is 28.4. The van der Waals surface area contributed by atoms with Crippen LogP contribution in [0.1, 0.15) is 67.7 Å². The molecule has 3 rings (SSSR count). The smallest absolute Gasteiger partial charge is 0.261 e. The van der Waals surface area contributed by atoms with Crippen LogP contribution in [0.2, 0.25) is 5.04 Å². The summed E-state index contributed by atoms with van der Waals surface area (Å²) in [6.45, 7) is 14.7. The minimum absolute atomic E-state index is 0.0247. The monoisotopic (exact) mass is 594 g/mol. The van der Waals surface area contributed by atoms with E-state index in [2.05, 4.69) is 45.0 Å². The molecule has 1 fully saturated rings. The number of ketones is 2. The molecule has 2 aromatic carbocycles. The first-order valence-electron chi connectivity index (χ1n) is 15.1. The zero-order chi connectivity index (χ0) is 31.2. The van der Waals surface area contributed by atoms with Gasteiger partial charge < -0.3 is 18.7 Å². The van der Waals surface area contributed by atoms with E-state index in [-0.39, 0.29) is 36.4 Å². The molecule has 0 heterocycles. The van der Waals surface area contributed by atoms with Crippen LogP contribution < -0.4 is 10.4 Å². The number of hydrogen-bond donors (Lipinski definition) is 0. The fraction of sp³-hybridized carbons (Fsp3) is 0.571. The number of hydrogen-bond acceptors (Lipinski definition) is 6. The summed E-state index contributed by atoms with van der Waals surface area (Å²) in [5.41, 5.74) is -1.80. The number of methoxy groups -OCH3 is 1. The lowest BCUT2D eigenvalue weighted by molar-refractivity contribution is -0.157. The summed E-state index contributed by atoms with van der Waals surface area (Å²) in [5, 5.41) is 2.03. The number of rotatable bonds is 14. The molecule has 1 aliphatic carbocycles. The minimum atomic E-state index is -2.93. The number of carbonyl (C=O) groups is 3. The van der Waals surface area contributed by atoms with Gasteiger partial charge >= 0.3 is 0 Å². The number of Topliss-reactive ketones (excluding diaryl/α,β-unsaturated/α-hetero) is 2. The Morgan fingerprint density at radius 2 is 1.55 bits per heavy atom. The molecule has 0 N–H and O–H groups in total. The summed E-state index contributed by atoms with van der Waals surface area (Å²) in [6.07, 6.45) is 2.33. The summed E-state index contributed by atoms with van der Waals surface area (Å²) in [4.78, 5) is 40.1. The lowest BCUT2D eigenvalue weighted by Crippen LogP contribution is -2.68. The average molecular weight is 595 g/mol. The van der Waals surface area contributed by atoms with Crippen molar-refractivity contribution in [2.45, 2.75) is 72.8 Å². The van der Waals surface area contributed by atoms with E-state index in [0.29, 0.717) is 19.4 Å². The van der Waals surface area contributed by atoms with Gasteiger partial charge in [-0.2, -0.15) is 0 Å². The van der Waals surface area contributed by atoms with E-state index < -0.39 is 36.9 Å². The highest BCUT2D eigenvalue weighted by Crippen LogP contribution is 2.55. The second-order valence-corrected chi connectivity index (χ2v) is 17.8. The molecule has 0 radical (unpaired) electrons. The second-order valence-electron chi connectivity index (χ2n) is 13.5. The van der Waals surface area contributed by atoms with E-state index in [1.165, 1.54) is 0 Å². The van der Waals surface area contributed by atoms with Crippen molar-refractivity contribution in [1.29, 1.82) is 0 Å². The third-order valence-electron chi connectivity index (χ3n) is 9.85. The molecule has 0 aliphatic heterocycles. The predicted molar refractivity (Wildman–Crippen MR) is 169 cm³/mol. The topological polar surface area (TPSA) is 78.9 Å². The van der Waals surface area contributed by atoms with Crippen molar-refractivity contribution in [2.75, 3.05) is 27.1 Å². The standard InChI is InChI=1S/C35H50O6Si/c1-26-30(23-41-42(33(3,4)5,28-16-11-9-12-17-28)29-18-13-10-14-19-29)35(24-36,20-15-21-40-25-39-8)32(22-31(26)38)34(6,7)27(2)37/h9-14,16-19,24,26,30,32H,15,20-23,25H2,1-8H3/t26-,30+,32+,35+/m1/s1. The molecule has 0 unspecified atom stereocenters. The van der Waals surface area contributed by atoms with E-state index in [9.17, 15) is 14.4 Å². The van der Waals surface area contributed by atoms with Crippen LogP contribution >= 0.6 is 0 Å². The van der Waals surface area contributed by atoms with Gasteiger partial charge in [0.1, 0.15) is 24.6 Å². The van der Waals surface area contributed by atoms with E-state index in [1.807, 2.05) is 57.2 Å². The fourth-order valence-electron chi connectivity index (χ4n) is 7.18. The third kappa shape index (κ3) is 6.54. The minimum Gasteiger partial charge on any atom is -0.407 e. The van der Waals surface area contributed by atoms with Crippen molar-refractivity contribution in [3.8, 4) is 0 Å². The summed E-state index contributed by atoms with van der Waals surface area (Å²) >= 11 is 0. The van der Waals surface area contributed by atoms with E-state index in [4.69, 9.17) is 13.9 Å². The van der Waals surface area contributed by atoms with Crippen LogP contribution in [-0.4, -0.2) is 53.3 Å². The van der Waals surface area contributed by atoms with Gasteiger partial charge in [-0.3, -0.25) is 9.59 Å². The molecule has 42 heavy (non-hydrogen) atoms. The van der Waals surface area contributed by atoms with Crippen LogP contribution in [0.15, 0.2) is 60.7 Å². The van der Waals surface area contributed by atoms with Crippen LogP contribution in [0.4, 0.5) is 0 Å². The van der Waals surface area contributed by atoms with Gasteiger partial charge in [0.2, 0.25) is 0 Å². The number of aldehydes is 1. The largest absolute Gasteiger partial charge is 0.407 e. The first kappa shape index (κ1) is 34.0. The number of benzene rings is 2. The van der Waals surface area contributed by atoms with Crippen molar-refractivity contribution in [3.63, 3.8) is 0 Å². The molecule has 0 saturated heterocycles. The Hall–Kier alpha value is -2.45. The van der Waals surface area contributed by atoms with Crippen LogP contribution in [-0.2, 0) is 28.3 Å². The first-order chi connectivity index (χ1) is 19.8. The maximum atomic E-state index is 13.7. The Labute approximate surface area is 253 Å². The quantitative estimate of drug-likeness (QED) is 0.123. The lowest BCUT2D eigenvalue weighted by atomic mass is 9.49. The van der Waals surface area contributed by atoms with Gasteiger partial charge in [0.05, 0.1) is 0 Å². The summed E-state index contributed by atoms with van der Waals surface area (Å²) in [5.74, 6) is -1.18. The van der Waals surface area contributed by atoms with Gasteiger partial charge in [0, 0.05) is 49.4 Å². The maximum Gasteiger partial charge on any atom is 0.261 e. The van der Waals surface area contributed by atoms with E-state index in [1.54, 1.807) is 14.0 Å². The van der Waals surface area contributed by atoms with Gasteiger partial charge in [-0.25, -0.2) is 0 Å². The van der Waals surface area contributed by atoms with Crippen molar-refractivity contribution >= 4 is 36.5 Å². The predicted octanol–water partition coefficient (Wildman–Crippen LogP) is 5.61. The summed E-state index contributed by atoms with van der Waals surface area (Å²) in [6, 6.07) is 20.8. The molecule has 0 spiro atoms. The Kier molecular flexibility index (Phi) is 11.3. The summed E-state index contributed by atoms with van der Waals surface area (Å²) < 4.78 is 18.0. The SMILES string of the molecule is COCOCCC[C@]1(C=O)[C@@H](CO[Si](c2ccccc2)(c2ccccc2)C(C)(C)C)[C@@H](C)C(=O)C[C@H]1C(C)(C)C(C)=O. The van der Waals surface area contributed by atoms with Crippen LogP contribution in [0.5, 0.6) is 0 Å². The molecular formula is C35H50O6Si. The molecule has 0 aromatic heterocycles.